The fourth-order valence-electron chi connectivity index (χ4n) is 2.94. The van der Waals surface area contributed by atoms with Gasteiger partial charge in [0.15, 0.2) is 0 Å². The van der Waals surface area contributed by atoms with Crippen LogP contribution in [-0.4, -0.2) is 24.7 Å². The lowest BCUT2D eigenvalue weighted by Gasteiger charge is -2.37. The van der Waals surface area contributed by atoms with Crippen molar-refractivity contribution in [3.63, 3.8) is 0 Å². The predicted octanol–water partition coefficient (Wildman–Crippen LogP) is 3.79. The monoisotopic (exact) mass is 322 g/mol. The van der Waals surface area contributed by atoms with Gasteiger partial charge in [0.2, 0.25) is 5.34 Å². The second kappa shape index (κ2) is 7.44. The molecule has 0 heterocycles. The van der Waals surface area contributed by atoms with Crippen molar-refractivity contribution in [3.05, 3.63) is 35.9 Å². The molecule has 1 unspecified atom stereocenters. The summed E-state index contributed by atoms with van der Waals surface area (Å²) in [6.07, 6.45) is 4.66. The van der Waals surface area contributed by atoms with Crippen LogP contribution in [0.1, 0.15) is 37.7 Å². The Morgan fingerprint density at radius 3 is 2.27 bits per heavy atom. The van der Waals surface area contributed by atoms with E-state index in [1.54, 1.807) is 0 Å². The van der Waals surface area contributed by atoms with Crippen molar-refractivity contribution in [2.45, 2.75) is 37.4 Å². The second-order valence-electron chi connectivity index (χ2n) is 5.54. The zero-order chi connectivity index (χ0) is 16.1. The Morgan fingerprint density at radius 2 is 1.73 bits per heavy atom. The van der Waals surface area contributed by atoms with Gasteiger partial charge in [-0.2, -0.15) is 0 Å². The largest absolute Gasteiger partial charge is 0.374 e. The summed E-state index contributed by atoms with van der Waals surface area (Å²) in [5.74, 6) is 5.54. The predicted molar refractivity (Wildman–Crippen MR) is 86.5 cm³/mol. The first-order chi connectivity index (χ1) is 10.6. The third-order valence-electron chi connectivity index (χ3n) is 4.24. The summed E-state index contributed by atoms with van der Waals surface area (Å²) in [6, 6.07) is 9.33. The smallest absolute Gasteiger partial charge is 0.367 e. The van der Waals surface area contributed by atoms with Crippen LogP contribution in [0.5, 0.6) is 0 Å². The van der Waals surface area contributed by atoms with E-state index in [9.17, 15) is 9.67 Å². The quantitative estimate of drug-likeness (QED) is 0.677. The van der Waals surface area contributed by atoms with Crippen molar-refractivity contribution >= 4 is 7.60 Å². The van der Waals surface area contributed by atoms with Crippen molar-refractivity contribution in [1.29, 1.82) is 0 Å². The summed E-state index contributed by atoms with van der Waals surface area (Å²) in [6.45, 7) is 0. The minimum absolute atomic E-state index is 0.205. The van der Waals surface area contributed by atoms with Crippen molar-refractivity contribution in [2.24, 2.45) is 5.92 Å². The Bertz CT molecular complexity index is 576. The summed E-state index contributed by atoms with van der Waals surface area (Å²) >= 11 is 0. The summed E-state index contributed by atoms with van der Waals surface area (Å²) in [5, 5.41) is 9.36. The molecule has 0 bridgehead atoms. The molecule has 120 valence electrons. The molecule has 1 saturated carbocycles. The molecule has 1 aromatic rings. The highest BCUT2D eigenvalue weighted by molar-refractivity contribution is 7.55. The third kappa shape index (κ3) is 3.45. The number of hydrogen-bond acceptors (Lipinski definition) is 4. The average Bonchev–Trinajstić information content (AvgIpc) is 2.60. The maximum Gasteiger partial charge on any atom is 0.374 e. The van der Waals surface area contributed by atoms with E-state index in [2.05, 4.69) is 11.8 Å². The normalized spacial score (nSPS) is 19.0. The highest BCUT2D eigenvalue weighted by atomic mass is 31.2. The number of hydrogen-bond donors (Lipinski definition) is 1. The van der Waals surface area contributed by atoms with Crippen LogP contribution >= 0.6 is 7.60 Å². The minimum atomic E-state index is -3.73. The Labute approximate surface area is 132 Å². The van der Waals surface area contributed by atoms with Crippen LogP contribution in [0.15, 0.2) is 30.3 Å². The highest BCUT2D eigenvalue weighted by Crippen LogP contribution is 2.62. The standard InChI is InChI=1S/C17H23O4P/c1-20-22(19,21-2)17(18,16-11-7-4-8-12-16)14-13-15-9-5-3-6-10-15/h3,5-6,9-10,16,18H,4,7-8,11-12H2,1-2H3. The summed E-state index contributed by atoms with van der Waals surface area (Å²) < 4.78 is 23.0. The highest BCUT2D eigenvalue weighted by Gasteiger charge is 2.53. The molecule has 0 aliphatic heterocycles. The molecule has 0 radical (unpaired) electrons. The van der Waals surface area contributed by atoms with E-state index in [0.29, 0.717) is 0 Å². The van der Waals surface area contributed by atoms with Crippen molar-refractivity contribution in [2.75, 3.05) is 14.2 Å². The lowest BCUT2D eigenvalue weighted by molar-refractivity contribution is 0.0563. The fourth-order valence-corrected chi connectivity index (χ4v) is 4.54. The van der Waals surface area contributed by atoms with E-state index >= 15 is 0 Å². The number of rotatable bonds is 4. The topological polar surface area (TPSA) is 55.8 Å². The molecule has 1 aliphatic rings. The zero-order valence-corrected chi connectivity index (χ0v) is 14.0. The Hall–Kier alpha value is -1.11. The molecule has 1 aromatic carbocycles. The van der Waals surface area contributed by atoms with Gasteiger partial charge >= 0.3 is 7.60 Å². The van der Waals surface area contributed by atoms with Gasteiger partial charge in [-0.05, 0) is 30.9 Å². The molecule has 0 spiro atoms. The van der Waals surface area contributed by atoms with Crippen LogP contribution in [0.25, 0.3) is 0 Å². The first-order valence-corrected chi connectivity index (χ1v) is 9.12. The maximum absolute atomic E-state index is 12.9. The molecule has 4 nitrogen and oxygen atoms in total. The second-order valence-corrected chi connectivity index (χ2v) is 7.95. The molecule has 0 saturated heterocycles. The van der Waals surface area contributed by atoms with E-state index < -0.39 is 12.9 Å². The zero-order valence-electron chi connectivity index (χ0n) is 13.1. The lowest BCUT2D eigenvalue weighted by atomic mass is 9.85. The van der Waals surface area contributed by atoms with Crippen LogP contribution in [0.2, 0.25) is 0 Å². The Balaban J connectivity index is 2.41. The molecule has 1 aliphatic carbocycles. The molecule has 1 N–H and O–H groups in total. The van der Waals surface area contributed by atoms with Gasteiger partial charge in [-0.1, -0.05) is 43.4 Å². The average molecular weight is 322 g/mol. The molecule has 1 atom stereocenters. The van der Waals surface area contributed by atoms with Gasteiger partial charge in [0.05, 0.1) is 0 Å². The minimum Gasteiger partial charge on any atom is -0.367 e. The Morgan fingerprint density at radius 1 is 1.14 bits per heavy atom. The van der Waals surface area contributed by atoms with Gasteiger partial charge in [0, 0.05) is 25.7 Å². The molecular weight excluding hydrogens is 299 g/mol. The molecule has 0 aromatic heterocycles. The Kier molecular flexibility index (Phi) is 5.83. The van der Waals surface area contributed by atoms with Crippen molar-refractivity contribution in [3.8, 4) is 11.8 Å². The van der Waals surface area contributed by atoms with E-state index in [1.165, 1.54) is 14.2 Å². The summed E-state index contributed by atoms with van der Waals surface area (Å²) in [4.78, 5) is 0. The van der Waals surface area contributed by atoms with E-state index in [0.717, 1.165) is 37.7 Å². The first-order valence-electron chi connectivity index (χ1n) is 7.58. The fraction of sp³-hybridized carbons (Fsp3) is 0.529. The van der Waals surface area contributed by atoms with Gasteiger partial charge in [-0.3, -0.25) is 4.57 Å². The number of benzene rings is 1. The van der Waals surface area contributed by atoms with Gasteiger partial charge in [-0.15, -0.1) is 0 Å². The van der Waals surface area contributed by atoms with Crippen LogP contribution < -0.4 is 0 Å². The van der Waals surface area contributed by atoms with Crippen LogP contribution in [0.4, 0.5) is 0 Å². The third-order valence-corrected chi connectivity index (χ3v) is 6.51. The summed E-state index contributed by atoms with van der Waals surface area (Å²) in [7, 11) is -1.14. The molecule has 2 rings (SSSR count). The van der Waals surface area contributed by atoms with E-state index in [-0.39, 0.29) is 5.92 Å². The molecule has 5 heteroatoms. The van der Waals surface area contributed by atoms with Crippen LogP contribution in [-0.2, 0) is 13.6 Å². The first kappa shape index (κ1) is 17.2. The molecule has 0 amide bonds. The summed E-state index contributed by atoms with van der Waals surface area (Å²) in [5.41, 5.74) is 0.760. The number of aliphatic hydroxyl groups is 1. The van der Waals surface area contributed by atoms with Gasteiger partial charge in [-0.25, -0.2) is 0 Å². The van der Waals surface area contributed by atoms with E-state index in [1.807, 2.05) is 30.3 Å². The van der Waals surface area contributed by atoms with Crippen molar-refractivity contribution < 1.29 is 18.7 Å². The van der Waals surface area contributed by atoms with Gasteiger partial charge in [0.1, 0.15) is 0 Å². The van der Waals surface area contributed by atoms with Gasteiger partial charge in [0.25, 0.3) is 0 Å². The van der Waals surface area contributed by atoms with Crippen LogP contribution in [0, 0.1) is 17.8 Å². The lowest BCUT2D eigenvalue weighted by Crippen LogP contribution is -2.38. The van der Waals surface area contributed by atoms with Crippen molar-refractivity contribution in [1.82, 2.24) is 0 Å². The van der Waals surface area contributed by atoms with E-state index in [4.69, 9.17) is 9.05 Å². The molecular formula is C17H23O4P. The maximum atomic E-state index is 12.9. The SMILES string of the molecule is COP(=O)(OC)C(O)(C#Cc1ccccc1)C1CCCCC1. The van der Waals surface area contributed by atoms with Crippen LogP contribution in [0.3, 0.4) is 0 Å². The molecule has 1 fully saturated rings. The molecule has 22 heavy (non-hydrogen) atoms. The van der Waals surface area contributed by atoms with Gasteiger partial charge < -0.3 is 14.2 Å².